The second kappa shape index (κ2) is 4.37. The molecule has 5 rings (SSSR count). The quantitative estimate of drug-likeness (QED) is 0.754. The molecule has 20 heavy (non-hydrogen) atoms. The van der Waals surface area contributed by atoms with Crippen molar-refractivity contribution in [3.05, 3.63) is 0 Å². The maximum atomic E-state index is 12.5. The third kappa shape index (κ3) is 2.07. The number of piperazine rings is 1. The Labute approximate surface area is 119 Å². The normalized spacial score (nSPS) is 42.5. The summed E-state index contributed by atoms with van der Waals surface area (Å²) in [5.74, 6) is 2.43. The van der Waals surface area contributed by atoms with Crippen molar-refractivity contribution in [3.8, 4) is 0 Å². The number of hydrogen-bond donors (Lipinski definition) is 2. The molecular weight excluding hydrogens is 254 g/mol. The van der Waals surface area contributed by atoms with Gasteiger partial charge in [0.1, 0.15) is 6.54 Å². The molecule has 5 fully saturated rings. The minimum atomic E-state index is -0.0445. The molecule has 1 aliphatic heterocycles. The van der Waals surface area contributed by atoms with Crippen LogP contribution in [0.15, 0.2) is 0 Å². The van der Waals surface area contributed by atoms with Gasteiger partial charge in [-0.1, -0.05) is 0 Å². The van der Waals surface area contributed by atoms with Crippen LogP contribution >= 0.6 is 0 Å². The van der Waals surface area contributed by atoms with Gasteiger partial charge in [-0.2, -0.15) is 0 Å². The predicted octanol–water partition coefficient (Wildman–Crippen LogP) is 1.10. The third-order valence-electron chi connectivity index (χ3n) is 5.74. The molecule has 4 aliphatic carbocycles. The van der Waals surface area contributed by atoms with Crippen molar-refractivity contribution in [2.24, 2.45) is 17.8 Å². The summed E-state index contributed by atoms with van der Waals surface area (Å²) in [6.07, 6.45) is 7.60. The van der Waals surface area contributed by atoms with E-state index >= 15 is 0 Å². The molecule has 1 heterocycles. The van der Waals surface area contributed by atoms with Crippen molar-refractivity contribution < 1.29 is 9.59 Å². The molecule has 0 atom stereocenters. The van der Waals surface area contributed by atoms with Crippen LogP contribution in [-0.4, -0.2) is 42.0 Å². The molecule has 5 nitrogen and oxygen atoms in total. The minimum Gasteiger partial charge on any atom is -0.353 e. The monoisotopic (exact) mass is 277 g/mol. The van der Waals surface area contributed by atoms with Crippen molar-refractivity contribution in [1.29, 1.82) is 0 Å². The third-order valence-corrected chi connectivity index (χ3v) is 5.74. The van der Waals surface area contributed by atoms with E-state index in [4.69, 9.17) is 0 Å². The lowest BCUT2D eigenvalue weighted by molar-refractivity contribution is -0.123. The summed E-state index contributed by atoms with van der Waals surface area (Å²) in [5.41, 5.74) is 0.0414. The molecule has 4 saturated carbocycles. The van der Waals surface area contributed by atoms with Gasteiger partial charge < -0.3 is 15.5 Å². The van der Waals surface area contributed by atoms with E-state index in [0.717, 1.165) is 37.0 Å². The second-order valence-corrected chi connectivity index (χ2v) is 7.40. The summed E-state index contributed by atoms with van der Waals surface area (Å²) in [6.45, 7) is 1.41. The highest BCUT2D eigenvalue weighted by molar-refractivity contribution is 5.85. The fourth-order valence-corrected chi connectivity index (χ4v) is 5.38. The minimum absolute atomic E-state index is 0.0261. The standard InChI is InChI=1S/C15H23N3O2/c19-13-9-18(2-1-16-13)14(20)17-15-6-10-3-11(7-15)5-12(4-10)8-15/h10-12H,1-9H2,(H,16,19)(H,17,20). The predicted molar refractivity (Wildman–Crippen MR) is 74.0 cm³/mol. The summed E-state index contributed by atoms with van der Waals surface area (Å²) >= 11 is 0. The number of rotatable bonds is 1. The largest absolute Gasteiger partial charge is 0.353 e. The summed E-state index contributed by atoms with van der Waals surface area (Å²) in [7, 11) is 0. The Bertz CT molecular complexity index is 413. The van der Waals surface area contributed by atoms with E-state index in [1.807, 2.05) is 0 Å². The van der Waals surface area contributed by atoms with Gasteiger partial charge in [-0.3, -0.25) is 4.79 Å². The van der Waals surface area contributed by atoms with Gasteiger partial charge in [0.05, 0.1) is 0 Å². The molecule has 0 spiro atoms. The first kappa shape index (κ1) is 12.5. The highest BCUT2D eigenvalue weighted by atomic mass is 16.2. The van der Waals surface area contributed by atoms with Crippen LogP contribution in [0.3, 0.4) is 0 Å². The number of nitrogens with one attached hydrogen (secondary N) is 2. The molecule has 3 amide bonds. The molecule has 5 aliphatic rings. The lowest BCUT2D eigenvalue weighted by Gasteiger charge is -2.57. The van der Waals surface area contributed by atoms with Gasteiger partial charge in [-0.25, -0.2) is 4.79 Å². The molecule has 110 valence electrons. The van der Waals surface area contributed by atoms with Crippen molar-refractivity contribution in [1.82, 2.24) is 15.5 Å². The fourth-order valence-electron chi connectivity index (χ4n) is 5.38. The Morgan fingerprint density at radius 2 is 1.75 bits per heavy atom. The average Bonchev–Trinajstić information content (AvgIpc) is 2.36. The lowest BCUT2D eigenvalue weighted by Crippen LogP contribution is -2.63. The maximum Gasteiger partial charge on any atom is 0.318 e. The van der Waals surface area contributed by atoms with Gasteiger partial charge in [0.15, 0.2) is 0 Å². The lowest BCUT2D eigenvalue weighted by atomic mass is 9.53. The number of urea groups is 1. The van der Waals surface area contributed by atoms with Crippen LogP contribution in [0.25, 0.3) is 0 Å². The molecule has 0 radical (unpaired) electrons. The Balaban J connectivity index is 1.45. The molecule has 4 bridgehead atoms. The summed E-state index contributed by atoms with van der Waals surface area (Å²) in [6, 6.07) is -0.0261. The van der Waals surface area contributed by atoms with Crippen molar-refractivity contribution in [2.45, 2.75) is 44.1 Å². The first-order valence-corrected chi connectivity index (χ1v) is 7.96. The molecule has 0 aromatic heterocycles. The summed E-state index contributed by atoms with van der Waals surface area (Å²) in [5, 5.41) is 6.09. The van der Waals surface area contributed by atoms with Gasteiger partial charge in [-0.05, 0) is 56.3 Å². The first-order chi connectivity index (χ1) is 9.62. The second-order valence-electron chi connectivity index (χ2n) is 7.40. The van der Waals surface area contributed by atoms with Crippen LogP contribution in [0.5, 0.6) is 0 Å². The number of carbonyl (C=O) groups excluding carboxylic acids is 2. The Morgan fingerprint density at radius 3 is 2.30 bits per heavy atom. The van der Waals surface area contributed by atoms with Crippen molar-refractivity contribution in [3.63, 3.8) is 0 Å². The Hall–Kier alpha value is -1.26. The Kier molecular flexibility index (Phi) is 2.72. The number of carbonyl (C=O) groups is 2. The molecule has 5 heteroatoms. The zero-order valence-electron chi connectivity index (χ0n) is 11.9. The highest BCUT2D eigenvalue weighted by Crippen LogP contribution is 2.55. The topological polar surface area (TPSA) is 61.4 Å². The number of nitrogens with zero attached hydrogens (tertiary/aromatic N) is 1. The molecule has 1 saturated heterocycles. The molecule has 0 aromatic rings. The number of hydrogen-bond acceptors (Lipinski definition) is 2. The average molecular weight is 277 g/mol. The molecular formula is C15H23N3O2. The van der Waals surface area contributed by atoms with E-state index in [-0.39, 0.29) is 24.0 Å². The molecule has 0 aromatic carbocycles. The van der Waals surface area contributed by atoms with E-state index in [0.29, 0.717) is 13.1 Å². The van der Waals surface area contributed by atoms with Gasteiger partial charge >= 0.3 is 6.03 Å². The van der Waals surface area contributed by atoms with Crippen LogP contribution in [0.4, 0.5) is 4.79 Å². The van der Waals surface area contributed by atoms with Crippen LogP contribution in [0.2, 0.25) is 0 Å². The number of amides is 3. The fraction of sp³-hybridized carbons (Fsp3) is 0.867. The van der Waals surface area contributed by atoms with Crippen LogP contribution in [0.1, 0.15) is 38.5 Å². The highest BCUT2D eigenvalue weighted by Gasteiger charge is 2.51. The Morgan fingerprint density at radius 1 is 1.15 bits per heavy atom. The van der Waals surface area contributed by atoms with Gasteiger partial charge in [-0.15, -0.1) is 0 Å². The SMILES string of the molecule is O=C1CN(C(=O)NC23CC4CC(CC(C4)C2)C3)CCN1. The smallest absolute Gasteiger partial charge is 0.318 e. The summed E-state index contributed by atoms with van der Waals surface area (Å²) in [4.78, 5) is 25.5. The maximum absolute atomic E-state index is 12.5. The molecule has 0 unspecified atom stereocenters. The zero-order valence-corrected chi connectivity index (χ0v) is 11.9. The van der Waals surface area contributed by atoms with Crippen molar-refractivity contribution >= 4 is 11.9 Å². The van der Waals surface area contributed by atoms with Crippen LogP contribution < -0.4 is 10.6 Å². The molecule has 2 N–H and O–H groups in total. The van der Waals surface area contributed by atoms with E-state index in [9.17, 15) is 9.59 Å². The zero-order chi connectivity index (χ0) is 13.7. The van der Waals surface area contributed by atoms with E-state index in [1.165, 1.54) is 19.3 Å². The van der Waals surface area contributed by atoms with Crippen molar-refractivity contribution in [2.75, 3.05) is 19.6 Å². The summed E-state index contributed by atoms with van der Waals surface area (Å²) < 4.78 is 0. The first-order valence-electron chi connectivity index (χ1n) is 7.96. The van der Waals surface area contributed by atoms with E-state index in [2.05, 4.69) is 10.6 Å². The van der Waals surface area contributed by atoms with Gasteiger partial charge in [0, 0.05) is 18.6 Å². The van der Waals surface area contributed by atoms with Crippen LogP contribution in [-0.2, 0) is 4.79 Å². The van der Waals surface area contributed by atoms with E-state index < -0.39 is 0 Å². The van der Waals surface area contributed by atoms with E-state index in [1.54, 1.807) is 4.90 Å². The van der Waals surface area contributed by atoms with Crippen LogP contribution in [0, 0.1) is 17.8 Å². The van der Waals surface area contributed by atoms with Gasteiger partial charge in [0.25, 0.3) is 0 Å². The van der Waals surface area contributed by atoms with Gasteiger partial charge in [0.2, 0.25) is 5.91 Å².